The van der Waals surface area contributed by atoms with Gasteiger partial charge in [-0.2, -0.15) is 18.6 Å². The largest absolute Gasteiger partial charge is 0.491 e. The summed E-state index contributed by atoms with van der Waals surface area (Å²) in [4.78, 5) is 0. The van der Waals surface area contributed by atoms with E-state index in [1.165, 1.54) is 50.5 Å². The van der Waals surface area contributed by atoms with Crippen LogP contribution < -0.4 is 10.6 Å². The van der Waals surface area contributed by atoms with E-state index >= 15 is 0 Å². The van der Waals surface area contributed by atoms with Gasteiger partial charge in [0.25, 0.3) is 0 Å². The lowest BCUT2D eigenvalue weighted by atomic mass is 10.0. The lowest BCUT2D eigenvalue weighted by Crippen LogP contribution is -2.29. The minimum absolute atomic E-state index is 0.220. The molecule has 1 aromatic rings. The number of benzene rings is 1. The molecule has 0 fully saturated rings. The molecule has 32 heavy (non-hydrogen) atoms. The molecule has 0 saturated carbocycles. The van der Waals surface area contributed by atoms with Crippen molar-refractivity contribution in [2.45, 2.75) is 64.4 Å². The van der Waals surface area contributed by atoms with Crippen molar-refractivity contribution < 1.29 is 31.6 Å². The Bertz CT molecular complexity index is 695. The summed E-state index contributed by atoms with van der Waals surface area (Å²) >= 11 is 0. The molecule has 0 aliphatic carbocycles. The van der Waals surface area contributed by atoms with Crippen LogP contribution in [-0.2, 0) is 35.0 Å². The van der Waals surface area contributed by atoms with Gasteiger partial charge in [0, 0.05) is 0 Å². The third kappa shape index (κ3) is 14.5. The predicted molar refractivity (Wildman–Crippen MR) is 125 cm³/mol. The maximum absolute atomic E-state index is 11.1. The number of unbranched alkanes of at least 4 members (excludes halogenated alkanes) is 6. The summed E-state index contributed by atoms with van der Waals surface area (Å²) in [5, 5.41) is 0. The van der Waals surface area contributed by atoms with Gasteiger partial charge in [0.1, 0.15) is 25.3 Å². The second kappa shape index (κ2) is 18.0. The van der Waals surface area contributed by atoms with E-state index in [-0.39, 0.29) is 20.0 Å². The molecule has 1 aromatic carbocycles. The quantitative estimate of drug-likeness (QED) is 0.123. The smallest absolute Gasteiger partial charge is 0.307 e. The van der Waals surface area contributed by atoms with Crippen molar-refractivity contribution in [1.82, 2.24) is 0 Å². The fourth-order valence-electron chi connectivity index (χ4n) is 2.96. The van der Waals surface area contributed by atoms with Gasteiger partial charge in [0.05, 0.1) is 13.2 Å². The SMILES string of the molecule is C=CCOCC(COc1ccc(CCCCCCCCC)cc1)OCOCS(=O)(=O)ON. The van der Waals surface area contributed by atoms with Gasteiger partial charge in [0.15, 0.2) is 5.94 Å². The van der Waals surface area contributed by atoms with Crippen molar-refractivity contribution in [3.05, 3.63) is 42.5 Å². The third-order valence-corrected chi connectivity index (χ3v) is 5.48. The summed E-state index contributed by atoms with van der Waals surface area (Å²) in [6.45, 7) is 6.39. The zero-order valence-electron chi connectivity index (χ0n) is 19.2. The van der Waals surface area contributed by atoms with Gasteiger partial charge >= 0.3 is 10.1 Å². The third-order valence-electron chi connectivity index (χ3n) is 4.73. The average molecular weight is 474 g/mol. The highest BCUT2D eigenvalue weighted by molar-refractivity contribution is 7.86. The van der Waals surface area contributed by atoms with Crippen molar-refractivity contribution >= 4 is 10.1 Å². The second-order valence-electron chi connectivity index (χ2n) is 7.53. The number of ether oxygens (including phenoxy) is 4. The lowest BCUT2D eigenvalue weighted by molar-refractivity contribution is -0.111. The van der Waals surface area contributed by atoms with Crippen molar-refractivity contribution in [3.63, 3.8) is 0 Å². The van der Waals surface area contributed by atoms with E-state index in [2.05, 4.69) is 35.8 Å². The van der Waals surface area contributed by atoms with Crippen LogP contribution in [0.1, 0.15) is 57.4 Å². The monoisotopic (exact) mass is 473 g/mol. The van der Waals surface area contributed by atoms with Crippen LogP contribution in [0.2, 0.25) is 0 Å². The topological polar surface area (TPSA) is 106 Å². The average Bonchev–Trinajstić information content (AvgIpc) is 2.80. The highest BCUT2D eigenvalue weighted by Crippen LogP contribution is 2.16. The molecule has 2 N–H and O–H groups in total. The minimum atomic E-state index is -3.91. The molecule has 0 bridgehead atoms. The normalized spacial score (nSPS) is 12.6. The lowest BCUT2D eigenvalue weighted by Gasteiger charge is -2.18. The van der Waals surface area contributed by atoms with Crippen LogP contribution in [0.25, 0.3) is 0 Å². The molecule has 1 rings (SSSR count). The Kier molecular flexibility index (Phi) is 16.1. The molecule has 0 aliphatic heterocycles. The highest BCUT2D eigenvalue weighted by atomic mass is 32.2. The fraction of sp³-hybridized carbons (Fsp3) is 0.652. The van der Waals surface area contributed by atoms with Crippen LogP contribution >= 0.6 is 0 Å². The fourth-order valence-corrected chi connectivity index (χ4v) is 3.29. The van der Waals surface area contributed by atoms with Crippen LogP contribution in [0.5, 0.6) is 5.75 Å². The molecule has 0 heterocycles. The summed E-state index contributed by atoms with van der Waals surface area (Å²) < 4.78 is 47.8. The van der Waals surface area contributed by atoms with Gasteiger partial charge in [-0.3, -0.25) is 0 Å². The van der Waals surface area contributed by atoms with Crippen molar-refractivity contribution in [2.75, 3.05) is 32.6 Å². The first-order chi connectivity index (χ1) is 15.5. The molecular formula is C23H39NO7S. The van der Waals surface area contributed by atoms with E-state index in [1.54, 1.807) is 6.08 Å². The molecule has 1 unspecified atom stereocenters. The zero-order valence-corrected chi connectivity index (χ0v) is 20.0. The molecule has 0 saturated heterocycles. The zero-order chi connectivity index (χ0) is 23.5. The molecule has 0 aromatic heterocycles. The van der Waals surface area contributed by atoms with Crippen molar-refractivity contribution in [3.8, 4) is 5.75 Å². The molecule has 0 spiro atoms. The van der Waals surface area contributed by atoms with Gasteiger partial charge < -0.3 is 18.9 Å². The summed E-state index contributed by atoms with van der Waals surface area (Å²) in [5.74, 6) is 4.67. The molecule has 0 radical (unpaired) electrons. The predicted octanol–water partition coefficient (Wildman–Crippen LogP) is 4.10. The molecule has 184 valence electrons. The standard InChI is InChI=1S/C23H39NO7S/c1-3-5-6-7-8-9-10-11-21-12-14-22(15-13-21)29-18-23(17-27-16-4-2)30-19-28-20-32(25,26)31-24/h4,12-15,23H,2-3,5-11,16-20,24H2,1H3. The molecule has 0 aliphatic rings. The number of nitrogens with two attached hydrogens (primary N) is 1. The Morgan fingerprint density at radius 1 is 1.00 bits per heavy atom. The minimum Gasteiger partial charge on any atom is -0.491 e. The molecular weight excluding hydrogens is 434 g/mol. The second-order valence-corrected chi connectivity index (χ2v) is 9.08. The van der Waals surface area contributed by atoms with E-state index in [1.807, 2.05) is 12.1 Å². The summed E-state index contributed by atoms with van der Waals surface area (Å²) in [7, 11) is -3.91. The van der Waals surface area contributed by atoms with E-state index < -0.39 is 22.2 Å². The van der Waals surface area contributed by atoms with Crippen LogP contribution in [0.4, 0.5) is 0 Å². The molecule has 8 nitrogen and oxygen atoms in total. The van der Waals surface area contributed by atoms with Gasteiger partial charge in [0.2, 0.25) is 0 Å². The van der Waals surface area contributed by atoms with Crippen molar-refractivity contribution in [2.24, 2.45) is 5.90 Å². The Morgan fingerprint density at radius 3 is 2.34 bits per heavy atom. The maximum Gasteiger partial charge on any atom is 0.307 e. The number of hydrogen-bond donors (Lipinski definition) is 1. The Labute approximate surface area is 193 Å². The molecule has 0 amide bonds. The van der Waals surface area contributed by atoms with Gasteiger partial charge in [-0.25, -0.2) is 0 Å². The Hall–Kier alpha value is -1.49. The highest BCUT2D eigenvalue weighted by Gasteiger charge is 2.14. The molecule has 9 heteroatoms. The van der Waals surface area contributed by atoms with Gasteiger partial charge in [-0.05, 0) is 30.5 Å². The number of rotatable bonds is 21. The van der Waals surface area contributed by atoms with E-state index in [0.29, 0.717) is 6.61 Å². The van der Waals surface area contributed by atoms with Gasteiger partial charge in [-0.1, -0.05) is 63.7 Å². The summed E-state index contributed by atoms with van der Waals surface area (Å²) in [5.41, 5.74) is 1.30. The van der Waals surface area contributed by atoms with Crippen LogP contribution in [0.15, 0.2) is 36.9 Å². The number of hydrogen-bond acceptors (Lipinski definition) is 8. The van der Waals surface area contributed by atoms with Gasteiger partial charge in [-0.15, -0.1) is 6.58 Å². The Balaban J connectivity index is 2.35. The maximum atomic E-state index is 11.1. The molecule has 1 atom stereocenters. The first-order valence-electron chi connectivity index (χ1n) is 11.2. The van der Waals surface area contributed by atoms with E-state index in [9.17, 15) is 8.42 Å². The van der Waals surface area contributed by atoms with Crippen LogP contribution in [0.3, 0.4) is 0 Å². The van der Waals surface area contributed by atoms with E-state index in [0.717, 1.165) is 12.2 Å². The first kappa shape index (κ1) is 28.5. The first-order valence-corrected chi connectivity index (χ1v) is 12.8. The van der Waals surface area contributed by atoms with Crippen LogP contribution in [-0.4, -0.2) is 47.1 Å². The number of aryl methyl sites for hydroxylation is 1. The van der Waals surface area contributed by atoms with Crippen LogP contribution in [0, 0.1) is 0 Å². The summed E-state index contributed by atoms with van der Waals surface area (Å²) in [6, 6.07) is 8.05. The van der Waals surface area contributed by atoms with Crippen molar-refractivity contribution in [1.29, 1.82) is 0 Å². The van der Waals surface area contributed by atoms with E-state index in [4.69, 9.17) is 18.9 Å². The Morgan fingerprint density at radius 2 is 1.69 bits per heavy atom. The summed E-state index contributed by atoms with van der Waals surface area (Å²) in [6.07, 6.45) is 11.3.